The minimum Gasteiger partial charge on any atom is -0.497 e. The Balaban J connectivity index is 2.10. The number of amides is 1. The third-order valence-corrected chi connectivity index (χ3v) is 4.33. The Kier molecular flexibility index (Phi) is 4.89. The number of hydrogen-bond donors (Lipinski definition) is 1. The van der Waals surface area contributed by atoms with Crippen LogP contribution in [0.25, 0.3) is 17.0 Å². The van der Waals surface area contributed by atoms with E-state index in [4.69, 9.17) is 10.5 Å². The Morgan fingerprint density at radius 1 is 1.15 bits per heavy atom. The third-order valence-electron chi connectivity index (χ3n) is 4.33. The molecule has 0 aliphatic carbocycles. The zero-order valence-corrected chi connectivity index (χ0v) is 14.7. The van der Waals surface area contributed by atoms with Gasteiger partial charge in [-0.2, -0.15) is 0 Å². The fourth-order valence-electron chi connectivity index (χ4n) is 3.08. The molecule has 1 amide bonds. The van der Waals surface area contributed by atoms with Crippen LogP contribution in [-0.2, 0) is 11.2 Å². The van der Waals surface area contributed by atoms with Gasteiger partial charge in [0, 0.05) is 17.2 Å². The topological polar surface area (TPSA) is 74.3 Å². The van der Waals surface area contributed by atoms with Crippen molar-refractivity contribution < 1.29 is 14.3 Å². The van der Waals surface area contributed by atoms with Crippen LogP contribution >= 0.6 is 0 Å². The molecule has 1 heterocycles. The van der Waals surface area contributed by atoms with E-state index in [9.17, 15) is 9.59 Å². The maximum Gasteiger partial charge on any atom is 0.255 e. The van der Waals surface area contributed by atoms with Crippen LogP contribution in [0.1, 0.15) is 21.6 Å². The SMILES string of the molecule is COc1ccc2c(c1)c(CC(N)=O)c(C)n2C(=O)/C=C/c1ccccc1. The number of allylic oxidation sites excluding steroid dienone is 1. The molecule has 132 valence electrons. The van der Waals surface area contributed by atoms with E-state index >= 15 is 0 Å². The Morgan fingerprint density at radius 3 is 2.54 bits per heavy atom. The van der Waals surface area contributed by atoms with Gasteiger partial charge in [0.05, 0.1) is 19.0 Å². The summed E-state index contributed by atoms with van der Waals surface area (Å²) in [7, 11) is 1.58. The van der Waals surface area contributed by atoms with Gasteiger partial charge in [0.25, 0.3) is 5.91 Å². The molecule has 0 saturated carbocycles. The summed E-state index contributed by atoms with van der Waals surface area (Å²) < 4.78 is 6.88. The van der Waals surface area contributed by atoms with Gasteiger partial charge in [-0.15, -0.1) is 0 Å². The van der Waals surface area contributed by atoms with Crippen LogP contribution in [0.3, 0.4) is 0 Å². The van der Waals surface area contributed by atoms with E-state index in [2.05, 4.69) is 0 Å². The molecule has 0 saturated heterocycles. The molecule has 26 heavy (non-hydrogen) atoms. The maximum atomic E-state index is 12.8. The Morgan fingerprint density at radius 2 is 1.88 bits per heavy atom. The quantitative estimate of drug-likeness (QED) is 0.719. The Bertz CT molecular complexity index is 1000. The van der Waals surface area contributed by atoms with Crippen LogP contribution in [0.4, 0.5) is 0 Å². The molecule has 0 fully saturated rings. The van der Waals surface area contributed by atoms with Gasteiger partial charge in [-0.3, -0.25) is 14.2 Å². The second-order valence-electron chi connectivity index (χ2n) is 6.01. The predicted octanol–water partition coefficient (Wildman–Crippen LogP) is 3.34. The Hall–Kier alpha value is -3.34. The number of methoxy groups -OCH3 is 1. The fraction of sp³-hybridized carbons (Fsp3) is 0.143. The molecule has 0 aliphatic rings. The molecule has 0 spiro atoms. The number of fused-ring (bicyclic) bond motifs is 1. The minimum absolute atomic E-state index is 0.0676. The van der Waals surface area contributed by atoms with Gasteiger partial charge in [0.2, 0.25) is 5.91 Å². The van der Waals surface area contributed by atoms with Gasteiger partial charge < -0.3 is 10.5 Å². The first kappa shape index (κ1) is 17.5. The van der Waals surface area contributed by atoms with Crippen molar-refractivity contribution in [1.29, 1.82) is 0 Å². The largest absolute Gasteiger partial charge is 0.497 e. The van der Waals surface area contributed by atoms with E-state index in [1.807, 2.05) is 49.4 Å². The van der Waals surface area contributed by atoms with Crippen LogP contribution in [0.5, 0.6) is 5.75 Å². The molecule has 0 atom stereocenters. The van der Waals surface area contributed by atoms with Crippen LogP contribution in [0, 0.1) is 6.92 Å². The first-order valence-corrected chi connectivity index (χ1v) is 8.25. The number of carbonyl (C=O) groups excluding carboxylic acids is 2. The first-order chi connectivity index (χ1) is 12.5. The molecule has 0 aliphatic heterocycles. The fourth-order valence-corrected chi connectivity index (χ4v) is 3.08. The van der Waals surface area contributed by atoms with Gasteiger partial charge in [-0.25, -0.2) is 0 Å². The summed E-state index contributed by atoms with van der Waals surface area (Å²) in [5.41, 5.74) is 8.51. The van der Waals surface area contributed by atoms with Crippen LogP contribution in [0.15, 0.2) is 54.6 Å². The molecule has 1 aromatic heterocycles. The lowest BCUT2D eigenvalue weighted by atomic mass is 10.1. The van der Waals surface area contributed by atoms with Crippen molar-refractivity contribution >= 4 is 28.8 Å². The van der Waals surface area contributed by atoms with E-state index in [1.165, 1.54) is 6.08 Å². The number of primary amides is 1. The molecule has 0 radical (unpaired) electrons. The zero-order valence-electron chi connectivity index (χ0n) is 14.7. The molecule has 5 heteroatoms. The second kappa shape index (κ2) is 7.27. The summed E-state index contributed by atoms with van der Waals surface area (Å²) >= 11 is 0. The number of carbonyl (C=O) groups is 2. The van der Waals surface area contributed by atoms with E-state index in [0.717, 1.165) is 22.0 Å². The highest BCUT2D eigenvalue weighted by atomic mass is 16.5. The number of nitrogens with two attached hydrogens (primary N) is 1. The van der Waals surface area contributed by atoms with Crippen molar-refractivity contribution in [3.8, 4) is 5.75 Å². The lowest BCUT2D eigenvalue weighted by molar-refractivity contribution is -0.117. The van der Waals surface area contributed by atoms with Crippen molar-refractivity contribution in [1.82, 2.24) is 4.57 Å². The summed E-state index contributed by atoms with van der Waals surface area (Å²) in [5, 5.41) is 0.794. The molecule has 5 nitrogen and oxygen atoms in total. The molecule has 0 bridgehead atoms. The minimum atomic E-state index is -0.442. The number of ether oxygens (including phenoxy) is 1. The molecule has 2 N–H and O–H groups in total. The summed E-state index contributed by atoms with van der Waals surface area (Å²) in [6.07, 6.45) is 3.36. The molecule has 3 rings (SSSR count). The lowest BCUT2D eigenvalue weighted by Crippen LogP contribution is -2.15. The molecular weight excluding hydrogens is 328 g/mol. The molecule has 2 aromatic carbocycles. The monoisotopic (exact) mass is 348 g/mol. The van der Waals surface area contributed by atoms with Gasteiger partial charge in [0.1, 0.15) is 5.75 Å². The maximum absolute atomic E-state index is 12.8. The number of aromatic nitrogens is 1. The van der Waals surface area contributed by atoms with Gasteiger partial charge in [0.15, 0.2) is 0 Å². The average molecular weight is 348 g/mol. The Labute approximate surface area is 151 Å². The summed E-state index contributed by atoms with van der Waals surface area (Å²) in [5.74, 6) is 0.0344. The van der Waals surface area contributed by atoms with Crippen molar-refractivity contribution in [3.05, 3.63) is 71.4 Å². The predicted molar refractivity (Wildman–Crippen MR) is 102 cm³/mol. The molecule has 0 unspecified atom stereocenters. The summed E-state index contributed by atoms with van der Waals surface area (Å²) in [6.45, 7) is 1.82. The molecular formula is C21H20N2O3. The highest BCUT2D eigenvalue weighted by molar-refractivity contribution is 6.03. The van der Waals surface area contributed by atoms with Crippen molar-refractivity contribution in [2.75, 3.05) is 7.11 Å². The van der Waals surface area contributed by atoms with Gasteiger partial charge >= 0.3 is 0 Å². The lowest BCUT2D eigenvalue weighted by Gasteiger charge is -2.04. The van der Waals surface area contributed by atoms with Gasteiger partial charge in [-0.1, -0.05) is 30.3 Å². The highest BCUT2D eigenvalue weighted by Crippen LogP contribution is 2.30. The van der Waals surface area contributed by atoms with Crippen LogP contribution in [0.2, 0.25) is 0 Å². The number of rotatable bonds is 5. The van der Waals surface area contributed by atoms with Crippen LogP contribution < -0.4 is 10.5 Å². The first-order valence-electron chi connectivity index (χ1n) is 8.25. The van der Waals surface area contributed by atoms with E-state index in [0.29, 0.717) is 11.4 Å². The van der Waals surface area contributed by atoms with E-state index in [1.54, 1.807) is 23.8 Å². The normalized spacial score (nSPS) is 11.2. The van der Waals surface area contributed by atoms with Gasteiger partial charge in [-0.05, 0) is 42.3 Å². The standard InChI is InChI=1S/C21H20N2O3/c1-14-17(13-20(22)24)18-12-16(26-2)9-10-19(18)23(14)21(25)11-8-15-6-4-3-5-7-15/h3-12H,13H2,1-2H3,(H2,22,24)/b11-8+. The van der Waals surface area contributed by atoms with E-state index < -0.39 is 5.91 Å². The average Bonchev–Trinajstić information content (AvgIpc) is 2.91. The number of benzene rings is 2. The van der Waals surface area contributed by atoms with Crippen molar-refractivity contribution in [3.63, 3.8) is 0 Å². The smallest absolute Gasteiger partial charge is 0.255 e. The summed E-state index contributed by atoms with van der Waals surface area (Å²) in [6, 6.07) is 15.0. The second-order valence-corrected chi connectivity index (χ2v) is 6.01. The third kappa shape index (κ3) is 3.37. The van der Waals surface area contributed by atoms with Crippen molar-refractivity contribution in [2.24, 2.45) is 5.73 Å². The van der Waals surface area contributed by atoms with E-state index in [-0.39, 0.29) is 12.3 Å². The highest BCUT2D eigenvalue weighted by Gasteiger charge is 2.19. The number of hydrogen-bond acceptors (Lipinski definition) is 3. The molecule has 3 aromatic rings. The van der Waals surface area contributed by atoms with Crippen molar-refractivity contribution in [2.45, 2.75) is 13.3 Å². The zero-order chi connectivity index (χ0) is 18.7. The number of nitrogens with zero attached hydrogens (tertiary/aromatic N) is 1. The summed E-state index contributed by atoms with van der Waals surface area (Å²) in [4.78, 5) is 24.3. The van der Waals surface area contributed by atoms with Crippen LogP contribution in [-0.4, -0.2) is 23.5 Å².